The van der Waals surface area contributed by atoms with Crippen molar-refractivity contribution in [2.75, 3.05) is 31.0 Å². The number of nitrogens with two attached hydrogens (primary N) is 1. The van der Waals surface area contributed by atoms with Crippen LogP contribution in [0.1, 0.15) is 16.7 Å². The van der Waals surface area contributed by atoms with E-state index in [1.165, 1.54) is 0 Å². The van der Waals surface area contributed by atoms with Crippen LogP contribution < -0.4 is 21.1 Å². The molecule has 146 valence electrons. The minimum atomic E-state index is -0.106. The second-order valence-electron chi connectivity index (χ2n) is 6.30. The zero-order chi connectivity index (χ0) is 18.8. The number of allylic oxidation sites excluding steroid dienone is 1. The summed E-state index contributed by atoms with van der Waals surface area (Å²) in [6.07, 6.45) is 3.89. The number of methoxy groups -OCH3 is 1. The molecule has 28 heavy (non-hydrogen) atoms. The van der Waals surface area contributed by atoms with Crippen molar-refractivity contribution < 1.29 is 14.3 Å². The number of carbonyl (C=O) groups excluding carboxylic acids is 1. The van der Waals surface area contributed by atoms with Crippen LogP contribution in [0.25, 0.3) is 11.6 Å². The van der Waals surface area contributed by atoms with Gasteiger partial charge in [-0.15, -0.1) is 12.4 Å². The number of amides is 1. The zero-order valence-electron chi connectivity index (χ0n) is 15.5. The predicted molar refractivity (Wildman–Crippen MR) is 114 cm³/mol. The van der Waals surface area contributed by atoms with Gasteiger partial charge in [0.1, 0.15) is 12.4 Å². The molecule has 0 saturated carbocycles. The summed E-state index contributed by atoms with van der Waals surface area (Å²) in [6, 6.07) is 11.5. The van der Waals surface area contributed by atoms with Gasteiger partial charge in [-0.1, -0.05) is 24.3 Å². The van der Waals surface area contributed by atoms with Gasteiger partial charge in [0, 0.05) is 41.7 Å². The monoisotopic (exact) mass is 399 g/mol. The highest BCUT2D eigenvalue weighted by molar-refractivity contribution is 6.33. The third-order valence-corrected chi connectivity index (χ3v) is 4.69. The lowest BCUT2D eigenvalue weighted by Crippen LogP contribution is -2.14. The minimum absolute atomic E-state index is 0. The molecule has 4 rings (SSSR count). The zero-order valence-corrected chi connectivity index (χ0v) is 16.3. The third-order valence-electron chi connectivity index (χ3n) is 4.69. The van der Waals surface area contributed by atoms with E-state index < -0.39 is 0 Å². The average Bonchev–Trinajstić information content (AvgIpc) is 3.03. The van der Waals surface area contributed by atoms with Crippen molar-refractivity contribution in [3.8, 4) is 5.75 Å². The maximum atomic E-state index is 12.5. The van der Waals surface area contributed by atoms with Gasteiger partial charge >= 0.3 is 0 Å². The summed E-state index contributed by atoms with van der Waals surface area (Å²) in [6.45, 7) is 1.33. The van der Waals surface area contributed by atoms with E-state index in [1.807, 2.05) is 48.6 Å². The molecule has 0 fully saturated rings. The van der Waals surface area contributed by atoms with Crippen LogP contribution >= 0.6 is 12.4 Å². The lowest BCUT2D eigenvalue weighted by Gasteiger charge is -2.22. The molecule has 7 heteroatoms. The number of anilines is 2. The number of benzene rings is 2. The number of fused-ring (bicyclic) bond motifs is 2. The first-order chi connectivity index (χ1) is 13.2. The summed E-state index contributed by atoms with van der Waals surface area (Å²) in [5.74, 6) is 0.644. The first kappa shape index (κ1) is 19.9. The van der Waals surface area contributed by atoms with Gasteiger partial charge in [0.25, 0.3) is 5.91 Å². The Labute approximate surface area is 169 Å². The Hall–Kier alpha value is -2.80. The lowest BCUT2D eigenvalue weighted by atomic mass is 9.97. The van der Waals surface area contributed by atoms with Crippen molar-refractivity contribution >= 4 is 41.3 Å². The number of ether oxygens (including phenoxy) is 2. The Balaban J connectivity index is 0.00000225. The second kappa shape index (κ2) is 8.48. The number of rotatable bonds is 5. The molecule has 2 heterocycles. The molecular formula is C21H22ClN3O3. The summed E-state index contributed by atoms with van der Waals surface area (Å²) in [7, 11) is 1.64. The number of halogens is 1. The molecule has 0 aromatic heterocycles. The molecule has 0 radical (unpaired) electrons. The molecule has 0 atom stereocenters. The van der Waals surface area contributed by atoms with Crippen molar-refractivity contribution in [2.45, 2.75) is 6.54 Å². The minimum Gasteiger partial charge on any atom is -0.491 e. The molecule has 0 saturated heterocycles. The molecule has 0 unspecified atom stereocenters. The smallest absolute Gasteiger partial charge is 0.258 e. The Morgan fingerprint density at radius 3 is 2.61 bits per heavy atom. The first-order valence-corrected chi connectivity index (χ1v) is 8.80. The van der Waals surface area contributed by atoms with Crippen molar-refractivity contribution in [2.24, 2.45) is 5.73 Å². The molecule has 6 nitrogen and oxygen atoms in total. The second-order valence-corrected chi connectivity index (χ2v) is 6.30. The van der Waals surface area contributed by atoms with Crippen LogP contribution in [0, 0.1) is 0 Å². The predicted octanol–water partition coefficient (Wildman–Crippen LogP) is 3.39. The SMILES string of the molecule is COCCOc1ccc2c(c1CN)C=C/C(=C1/C(=O)Nc3ccccc31)N2.Cl. The van der Waals surface area contributed by atoms with Crippen molar-refractivity contribution in [1.29, 1.82) is 0 Å². The molecule has 0 spiro atoms. The Bertz CT molecular complexity index is 969. The number of para-hydroxylation sites is 1. The molecule has 1 amide bonds. The van der Waals surface area contributed by atoms with Gasteiger partial charge in [-0.05, 0) is 24.3 Å². The molecule has 4 N–H and O–H groups in total. The van der Waals surface area contributed by atoms with Crippen LogP contribution in [0.3, 0.4) is 0 Å². The number of nitrogens with one attached hydrogen (secondary N) is 2. The Morgan fingerprint density at radius 2 is 1.82 bits per heavy atom. The Kier molecular flexibility index (Phi) is 6.04. The largest absolute Gasteiger partial charge is 0.491 e. The van der Waals surface area contributed by atoms with Crippen molar-refractivity contribution in [3.05, 3.63) is 64.9 Å². The van der Waals surface area contributed by atoms with Gasteiger partial charge < -0.3 is 25.8 Å². The van der Waals surface area contributed by atoms with Gasteiger partial charge in [0.15, 0.2) is 0 Å². The summed E-state index contributed by atoms with van der Waals surface area (Å²) >= 11 is 0. The third kappa shape index (κ3) is 3.49. The topological polar surface area (TPSA) is 85.6 Å². The van der Waals surface area contributed by atoms with Gasteiger partial charge in [-0.3, -0.25) is 4.79 Å². The van der Waals surface area contributed by atoms with Gasteiger partial charge in [0.05, 0.1) is 17.9 Å². The van der Waals surface area contributed by atoms with E-state index in [2.05, 4.69) is 10.6 Å². The normalized spacial score (nSPS) is 16.6. The first-order valence-electron chi connectivity index (χ1n) is 8.80. The molecule has 2 aliphatic rings. The average molecular weight is 400 g/mol. The maximum absolute atomic E-state index is 12.5. The number of carbonyl (C=O) groups is 1. The summed E-state index contributed by atoms with van der Waals surface area (Å²) in [4.78, 5) is 12.5. The maximum Gasteiger partial charge on any atom is 0.258 e. The van der Waals surface area contributed by atoms with E-state index in [1.54, 1.807) is 7.11 Å². The molecule has 2 aliphatic heterocycles. The van der Waals surface area contributed by atoms with Gasteiger partial charge in [-0.2, -0.15) is 0 Å². The highest BCUT2D eigenvalue weighted by Crippen LogP contribution is 2.38. The van der Waals surface area contributed by atoms with Crippen LogP contribution in [0.15, 0.2) is 48.2 Å². The number of hydrogen-bond acceptors (Lipinski definition) is 5. The van der Waals surface area contributed by atoms with Crippen LogP contribution in [-0.2, 0) is 16.1 Å². The van der Waals surface area contributed by atoms with E-state index in [0.717, 1.165) is 39.5 Å². The fourth-order valence-electron chi connectivity index (χ4n) is 3.41. The van der Waals surface area contributed by atoms with Crippen LogP contribution in [0.2, 0.25) is 0 Å². The fraction of sp³-hybridized carbons (Fsp3) is 0.190. The van der Waals surface area contributed by atoms with Crippen molar-refractivity contribution in [1.82, 2.24) is 0 Å². The van der Waals surface area contributed by atoms with Crippen LogP contribution in [0.5, 0.6) is 5.75 Å². The standard InChI is InChI=1S/C21H21N3O3.ClH/c1-26-10-11-27-19-9-8-17-13(15(19)12-22)6-7-18(23-17)20-14-4-2-3-5-16(14)24-21(20)25;/h2-9,23H,10-12,22H2,1H3,(H,24,25);1H/b20-18-;. The van der Waals surface area contributed by atoms with E-state index in [0.29, 0.717) is 25.3 Å². The van der Waals surface area contributed by atoms with Crippen LogP contribution in [0.4, 0.5) is 11.4 Å². The molecular weight excluding hydrogens is 378 g/mol. The van der Waals surface area contributed by atoms with Gasteiger partial charge in [-0.25, -0.2) is 0 Å². The highest BCUT2D eigenvalue weighted by Gasteiger charge is 2.28. The van der Waals surface area contributed by atoms with Crippen molar-refractivity contribution in [3.63, 3.8) is 0 Å². The van der Waals surface area contributed by atoms with E-state index in [-0.39, 0.29) is 18.3 Å². The lowest BCUT2D eigenvalue weighted by molar-refractivity contribution is -0.110. The molecule has 0 aliphatic carbocycles. The summed E-state index contributed by atoms with van der Waals surface area (Å²) in [5.41, 5.74) is 11.9. The van der Waals surface area contributed by atoms with E-state index in [4.69, 9.17) is 15.2 Å². The van der Waals surface area contributed by atoms with Gasteiger partial charge in [0.2, 0.25) is 0 Å². The summed E-state index contributed by atoms with van der Waals surface area (Å²) < 4.78 is 10.8. The van der Waals surface area contributed by atoms with E-state index >= 15 is 0 Å². The molecule has 0 bridgehead atoms. The molecule has 2 aromatic carbocycles. The number of hydrogen-bond donors (Lipinski definition) is 3. The fourth-order valence-corrected chi connectivity index (χ4v) is 3.41. The molecule has 2 aromatic rings. The van der Waals surface area contributed by atoms with Crippen LogP contribution in [-0.4, -0.2) is 26.2 Å². The highest BCUT2D eigenvalue weighted by atomic mass is 35.5. The summed E-state index contributed by atoms with van der Waals surface area (Å²) in [5, 5.41) is 6.28. The quantitative estimate of drug-likeness (QED) is 0.530. The Morgan fingerprint density at radius 1 is 1.00 bits per heavy atom. The van der Waals surface area contributed by atoms with E-state index in [9.17, 15) is 4.79 Å².